The molecule has 1 amide bonds. The third-order valence-corrected chi connectivity index (χ3v) is 6.58. The quantitative estimate of drug-likeness (QED) is 0.409. The van der Waals surface area contributed by atoms with E-state index in [2.05, 4.69) is 0 Å². The minimum absolute atomic E-state index is 0.0207. The second-order valence-corrected chi connectivity index (χ2v) is 8.96. The molecule has 1 saturated heterocycles. The molecule has 2 heterocycles. The number of carbonyl (C=O) groups excluding carboxylic acids is 1. The first-order valence-electron chi connectivity index (χ1n) is 11.1. The number of hydrogen-bond donors (Lipinski definition) is 0. The molecular weight excluding hydrogens is 465 g/mol. The van der Waals surface area contributed by atoms with Gasteiger partial charge in [0.25, 0.3) is 5.91 Å². The average Bonchev–Trinajstić information content (AvgIpc) is 3.09. The van der Waals surface area contributed by atoms with Crippen LogP contribution < -0.4 is 0 Å². The molecule has 0 atom stereocenters. The lowest BCUT2D eigenvalue weighted by Gasteiger charge is -2.35. The predicted octanol–water partition coefficient (Wildman–Crippen LogP) is 6.49. The number of halogens is 4. The van der Waals surface area contributed by atoms with Gasteiger partial charge in [0.15, 0.2) is 0 Å². The van der Waals surface area contributed by atoms with Crippen molar-refractivity contribution < 1.29 is 22.7 Å². The monoisotopic (exact) mass is 490 g/mol. The Morgan fingerprint density at radius 3 is 2.29 bits per heavy atom. The molecule has 1 aliphatic heterocycles. The van der Waals surface area contributed by atoms with E-state index in [1.54, 1.807) is 29.2 Å². The van der Waals surface area contributed by atoms with Crippen LogP contribution in [0.3, 0.4) is 0 Å². The summed E-state index contributed by atoms with van der Waals surface area (Å²) in [6.07, 6.45) is -3.35. The second-order valence-electron chi connectivity index (χ2n) is 8.52. The maximum absolute atomic E-state index is 14.1. The van der Waals surface area contributed by atoms with E-state index in [9.17, 15) is 18.0 Å². The van der Waals surface area contributed by atoms with Crippen LogP contribution in [0.4, 0.5) is 13.2 Å². The van der Waals surface area contributed by atoms with Gasteiger partial charge in [0.05, 0.1) is 0 Å². The highest BCUT2D eigenvalue weighted by molar-refractivity contribution is 6.30. The van der Waals surface area contributed by atoms with Gasteiger partial charge >= 0.3 is 6.18 Å². The van der Waals surface area contributed by atoms with E-state index in [1.165, 1.54) is 14.0 Å². The highest BCUT2D eigenvalue weighted by Crippen LogP contribution is 2.41. The van der Waals surface area contributed by atoms with Gasteiger partial charge in [-0.05, 0) is 48.6 Å². The molecule has 180 valence electrons. The summed E-state index contributed by atoms with van der Waals surface area (Å²) in [7, 11) is 1.31. The second kappa shape index (κ2) is 9.84. The highest BCUT2D eigenvalue weighted by atomic mass is 35.5. The molecule has 0 N–H and O–H groups in total. The number of amides is 1. The van der Waals surface area contributed by atoms with E-state index in [0.717, 1.165) is 10.1 Å². The Hall–Kier alpha value is -2.77. The molecule has 0 spiro atoms. The fourth-order valence-electron chi connectivity index (χ4n) is 4.73. The molecule has 0 bridgehead atoms. The van der Waals surface area contributed by atoms with Crippen molar-refractivity contribution >= 4 is 17.5 Å². The molecule has 34 heavy (non-hydrogen) atoms. The Morgan fingerprint density at radius 2 is 1.71 bits per heavy atom. The Labute approximate surface area is 201 Å². The summed E-state index contributed by atoms with van der Waals surface area (Å²) in [4.78, 5) is 15.8. The van der Waals surface area contributed by atoms with E-state index < -0.39 is 17.8 Å². The number of aromatic nitrogens is 1. The van der Waals surface area contributed by atoms with Crippen molar-refractivity contribution in [2.75, 3.05) is 13.2 Å². The normalized spacial score (nSPS) is 14.9. The van der Waals surface area contributed by atoms with Gasteiger partial charge < -0.3 is 14.2 Å². The molecular formula is C26H26ClF3N2O2. The molecule has 4 nitrogen and oxygen atoms in total. The van der Waals surface area contributed by atoms with E-state index >= 15 is 0 Å². The van der Waals surface area contributed by atoms with E-state index in [4.69, 9.17) is 16.3 Å². The van der Waals surface area contributed by atoms with Crippen molar-refractivity contribution in [1.82, 2.24) is 9.47 Å². The molecule has 1 aliphatic rings. The van der Waals surface area contributed by atoms with Crippen molar-refractivity contribution in [3.05, 3.63) is 82.1 Å². The van der Waals surface area contributed by atoms with Crippen LogP contribution in [0.15, 0.2) is 54.6 Å². The molecule has 0 unspecified atom stereocenters. The molecule has 1 aromatic heterocycles. The fraction of sp³-hybridized carbons (Fsp3) is 0.346. The molecule has 4 rings (SSSR count). The lowest BCUT2D eigenvalue weighted by molar-refractivity contribution is -0.143. The van der Waals surface area contributed by atoms with E-state index in [1.807, 2.05) is 30.3 Å². The molecule has 0 radical (unpaired) electrons. The van der Waals surface area contributed by atoms with Crippen LogP contribution in [0.1, 0.15) is 40.2 Å². The topological polar surface area (TPSA) is 34.5 Å². The van der Waals surface area contributed by atoms with Gasteiger partial charge in [0, 0.05) is 43.4 Å². The number of hydrogen-bond acceptors (Lipinski definition) is 2. The number of benzene rings is 2. The maximum atomic E-state index is 14.1. The number of alkyl halides is 3. The molecule has 8 heteroatoms. The summed E-state index contributed by atoms with van der Waals surface area (Å²) in [6, 6.07) is 15.9. The third kappa shape index (κ3) is 4.86. The van der Waals surface area contributed by atoms with Gasteiger partial charge in [-0.3, -0.25) is 4.79 Å². The average molecular weight is 491 g/mol. The third-order valence-electron chi connectivity index (χ3n) is 6.33. The lowest BCUT2D eigenvalue weighted by Crippen LogP contribution is -2.43. The van der Waals surface area contributed by atoms with E-state index in [0.29, 0.717) is 43.2 Å². The highest BCUT2D eigenvalue weighted by Gasteiger charge is 2.41. The van der Waals surface area contributed by atoms with Gasteiger partial charge in [-0.15, -0.1) is 0 Å². The number of ether oxygens (including phenoxy) is 1. The first-order chi connectivity index (χ1) is 16.2. The van der Waals surface area contributed by atoms with Gasteiger partial charge in [0.2, 0.25) is 0 Å². The number of carbonyl (C=O) groups is 1. The molecule has 3 aromatic rings. The van der Waals surface area contributed by atoms with Crippen molar-refractivity contribution in [3.63, 3.8) is 0 Å². The summed E-state index contributed by atoms with van der Waals surface area (Å²) >= 11 is 6.02. The lowest BCUT2D eigenvalue weighted by atomic mass is 9.99. The van der Waals surface area contributed by atoms with Crippen LogP contribution in [0.2, 0.25) is 5.02 Å². The first kappa shape index (κ1) is 24.4. The van der Waals surface area contributed by atoms with Gasteiger partial charge in [0.1, 0.15) is 11.4 Å². The molecule has 0 aliphatic carbocycles. The van der Waals surface area contributed by atoms with Crippen LogP contribution in [-0.2, 0) is 24.5 Å². The van der Waals surface area contributed by atoms with Gasteiger partial charge in [-0.2, -0.15) is 13.2 Å². The fourth-order valence-corrected chi connectivity index (χ4v) is 4.86. The smallest absolute Gasteiger partial charge is 0.381 e. The largest absolute Gasteiger partial charge is 0.431 e. The molecule has 1 fully saturated rings. The number of nitrogens with zero attached hydrogens (tertiary/aromatic N) is 2. The Bertz CT molecular complexity index is 1150. The van der Waals surface area contributed by atoms with Crippen molar-refractivity contribution in [2.45, 2.75) is 38.5 Å². The minimum Gasteiger partial charge on any atom is -0.381 e. The molecule has 0 saturated carbocycles. The summed E-state index contributed by atoms with van der Waals surface area (Å²) in [5.41, 5.74) is 0.927. The zero-order valence-corrected chi connectivity index (χ0v) is 19.8. The van der Waals surface area contributed by atoms with Crippen LogP contribution in [0, 0.1) is 6.92 Å². The predicted molar refractivity (Wildman–Crippen MR) is 126 cm³/mol. The van der Waals surface area contributed by atoms with Crippen LogP contribution in [0.25, 0.3) is 11.1 Å². The summed E-state index contributed by atoms with van der Waals surface area (Å²) in [5.74, 6) is -0.429. The standard InChI is InChI=1S/C26H26ClF3N2O2/c1-17-22(19-8-10-20(27)11-9-19)23(31(2)24(17)26(28,29)30)25(33)32(21-12-14-34-15-13-21)16-18-6-4-3-5-7-18/h3-11,21H,12-16H2,1-2H3. The molecule has 2 aromatic carbocycles. The number of rotatable bonds is 5. The van der Waals surface area contributed by atoms with Crippen molar-refractivity contribution in [1.29, 1.82) is 0 Å². The Morgan fingerprint density at radius 1 is 1.09 bits per heavy atom. The van der Waals surface area contributed by atoms with Gasteiger partial charge in [-0.1, -0.05) is 54.1 Å². The zero-order valence-electron chi connectivity index (χ0n) is 19.0. The SMILES string of the molecule is Cc1c(-c2ccc(Cl)cc2)c(C(=O)N(Cc2ccccc2)C2CCOCC2)n(C)c1C(F)(F)F. The summed E-state index contributed by atoms with van der Waals surface area (Å²) in [6.45, 7) is 2.73. The van der Waals surface area contributed by atoms with Gasteiger partial charge in [-0.25, -0.2) is 0 Å². The summed E-state index contributed by atoms with van der Waals surface area (Å²) < 4.78 is 48.7. The minimum atomic E-state index is -4.61. The van der Waals surface area contributed by atoms with Crippen molar-refractivity contribution in [2.24, 2.45) is 7.05 Å². The summed E-state index contributed by atoms with van der Waals surface area (Å²) in [5, 5.41) is 0.467. The Balaban J connectivity index is 1.87. The van der Waals surface area contributed by atoms with Crippen LogP contribution in [-0.4, -0.2) is 34.6 Å². The van der Waals surface area contributed by atoms with E-state index in [-0.39, 0.29) is 22.9 Å². The Kier molecular flexibility index (Phi) is 7.05. The first-order valence-corrected chi connectivity index (χ1v) is 11.5. The van der Waals surface area contributed by atoms with Crippen molar-refractivity contribution in [3.8, 4) is 11.1 Å². The zero-order chi connectivity index (χ0) is 24.5. The van der Waals surface area contributed by atoms with Crippen LogP contribution >= 0.6 is 11.6 Å². The maximum Gasteiger partial charge on any atom is 0.431 e. The van der Waals surface area contributed by atoms with Crippen LogP contribution in [0.5, 0.6) is 0 Å².